The first-order valence-corrected chi connectivity index (χ1v) is 10.3. The maximum atomic E-state index is 12.6. The molecule has 31 heavy (non-hydrogen) atoms. The van der Waals surface area contributed by atoms with Crippen molar-refractivity contribution in [1.82, 2.24) is 15.5 Å². The Labute approximate surface area is 183 Å². The normalized spacial score (nSPS) is 18.3. The number of nitrogens with one attached hydrogen (secondary N) is 3. The van der Waals surface area contributed by atoms with Gasteiger partial charge in [-0.1, -0.05) is 23.7 Å². The van der Waals surface area contributed by atoms with Gasteiger partial charge in [0.25, 0.3) is 5.91 Å². The zero-order valence-corrected chi connectivity index (χ0v) is 17.6. The molecular formula is C22H21ClN4O4. The molecule has 4 rings (SSSR count). The molecule has 2 aromatic rings. The summed E-state index contributed by atoms with van der Waals surface area (Å²) in [7, 11) is 0. The number of anilines is 1. The molecule has 2 aliphatic rings. The lowest BCUT2D eigenvalue weighted by Crippen LogP contribution is -2.50. The molecule has 2 aromatic carbocycles. The average Bonchev–Trinajstić information content (AvgIpc) is 3.14. The number of imide groups is 2. The van der Waals surface area contributed by atoms with Crippen LogP contribution in [-0.4, -0.2) is 34.7 Å². The first-order chi connectivity index (χ1) is 14.8. The van der Waals surface area contributed by atoms with Crippen LogP contribution in [0.1, 0.15) is 39.9 Å². The van der Waals surface area contributed by atoms with Crippen molar-refractivity contribution in [2.24, 2.45) is 0 Å². The summed E-state index contributed by atoms with van der Waals surface area (Å²) in [4.78, 5) is 50.3. The lowest BCUT2D eigenvalue weighted by atomic mass is 10.0. The zero-order valence-electron chi connectivity index (χ0n) is 16.8. The summed E-state index contributed by atoms with van der Waals surface area (Å²) in [6.07, 6.45) is 0.799. The number of halogens is 1. The Balaban J connectivity index is 1.40. The number of carbonyl (C=O) groups excluding carboxylic acids is 4. The minimum absolute atomic E-state index is 0.247. The van der Waals surface area contributed by atoms with E-state index in [0.29, 0.717) is 47.8 Å². The SMILES string of the molecule is Cc1c(Cl)cccc1NC(=O)NC(=O)c1ccc2c(c1)CN(C1CCC(=O)NC1=O)C2. The summed E-state index contributed by atoms with van der Waals surface area (Å²) in [5.41, 5.74) is 3.51. The Kier molecular flexibility index (Phi) is 5.75. The lowest BCUT2D eigenvalue weighted by Gasteiger charge is -2.29. The van der Waals surface area contributed by atoms with E-state index in [1.165, 1.54) is 0 Å². The number of benzene rings is 2. The van der Waals surface area contributed by atoms with E-state index in [4.69, 9.17) is 11.6 Å². The van der Waals surface area contributed by atoms with Crippen LogP contribution in [0.3, 0.4) is 0 Å². The molecule has 1 atom stereocenters. The number of fused-ring (bicyclic) bond motifs is 1. The minimum atomic E-state index is -0.652. The average molecular weight is 441 g/mol. The Morgan fingerprint density at radius 2 is 1.90 bits per heavy atom. The highest BCUT2D eigenvalue weighted by atomic mass is 35.5. The largest absolute Gasteiger partial charge is 0.326 e. The second-order valence-electron chi connectivity index (χ2n) is 7.68. The van der Waals surface area contributed by atoms with Gasteiger partial charge in [-0.25, -0.2) is 4.79 Å². The summed E-state index contributed by atoms with van der Waals surface area (Å²) < 4.78 is 0. The third kappa shape index (κ3) is 4.45. The molecule has 0 aromatic heterocycles. The highest BCUT2D eigenvalue weighted by molar-refractivity contribution is 6.31. The molecule has 0 bridgehead atoms. The molecule has 0 radical (unpaired) electrons. The van der Waals surface area contributed by atoms with E-state index >= 15 is 0 Å². The highest BCUT2D eigenvalue weighted by Crippen LogP contribution is 2.28. The maximum Gasteiger partial charge on any atom is 0.326 e. The van der Waals surface area contributed by atoms with Crippen molar-refractivity contribution in [3.05, 3.63) is 63.7 Å². The van der Waals surface area contributed by atoms with Gasteiger partial charge < -0.3 is 5.32 Å². The van der Waals surface area contributed by atoms with Crippen molar-refractivity contribution in [2.45, 2.75) is 38.9 Å². The van der Waals surface area contributed by atoms with Crippen LogP contribution in [0.5, 0.6) is 0 Å². The van der Waals surface area contributed by atoms with Crippen molar-refractivity contribution in [3.63, 3.8) is 0 Å². The number of hydrogen-bond acceptors (Lipinski definition) is 5. The van der Waals surface area contributed by atoms with Gasteiger partial charge in [0.15, 0.2) is 0 Å². The molecule has 9 heteroatoms. The predicted molar refractivity (Wildman–Crippen MR) is 115 cm³/mol. The summed E-state index contributed by atoms with van der Waals surface area (Å²) in [6.45, 7) is 2.84. The topological polar surface area (TPSA) is 108 Å². The van der Waals surface area contributed by atoms with Gasteiger partial charge in [0.05, 0.1) is 6.04 Å². The van der Waals surface area contributed by atoms with Crippen molar-refractivity contribution in [1.29, 1.82) is 0 Å². The molecule has 0 aliphatic carbocycles. The van der Waals surface area contributed by atoms with Gasteiger partial charge in [-0.3, -0.25) is 29.9 Å². The van der Waals surface area contributed by atoms with E-state index in [1.807, 2.05) is 11.0 Å². The van der Waals surface area contributed by atoms with Crippen LogP contribution in [-0.2, 0) is 22.7 Å². The Morgan fingerprint density at radius 1 is 1.13 bits per heavy atom. The zero-order chi connectivity index (χ0) is 22.1. The third-order valence-corrected chi connectivity index (χ3v) is 6.02. The number of urea groups is 1. The van der Waals surface area contributed by atoms with Crippen LogP contribution < -0.4 is 16.0 Å². The molecule has 2 heterocycles. The number of rotatable bonds is 3. The number of nitrogens with zero attached hydrogens (tertiary/aromatic N) is 1. The molecule has 8 nitrogen and oxygen atoms in total. The summed E-state index contributed by atoms with van der Waals surface area (Å²) in [5.74, 6) is -1.06. The highest BCUT2D eigenvalue weighted by Gasteiger charge is 2.34. The fourth-order valence-corrected chi connectivity index (χ4v) is 4.06. The van der Waals surface area contributed by atoms with E-state index in [2.05, 4.69) is 16.0 Å². The molecule has 3 N–H and O–H groups in total. The summed E-state index contributed by atoms with van der Waals surface area (Å²) in [5, 5.41) is 7.84. The maximum absolute atomic E-state index is 12.6. The van der Waals surface area contributed by atoms with E-state index in [1.54, 1.807) is 37.3 Å². The van der Waals surface area contributed by atoms with Crippen LogP contribution in [0, 0.1) is 6.92 Å². The van der Waals surface area contributed by atoms with Crippen LogP contribution in [0.15, 0.2) is 36.4 Å². The van der Waals surface area contributed by atoms with Gasteiger partial charge in [0.2, 0.25) is 11.8 Å². The van der Waals surface area contributed by atoms with E-state index in [-0.39, 0.29) is 17.9 Å². The first-order valence-electron chi connectivity index (χ1n) is 9.89. The van der Waals surface area contributed by atoms with Gasteiger partial charge in [-0.05, 0) is 54.3 Å². The Hall–Kier alpha value is -3.23. The Morgan fingerprint density at radius 3 is 2.68 bits per heavy atom. The molecule has 1 fully saturated rings. The van der Waals surface area contributed by atoms with Crippen molar-refractivity contribution >= 4 is 41.0 Å². The number of amides is 5. The van der Waals surface area contributed by atoms with Crippen LogP contribution in [0.2, 0.25) is 5.02 Å². The summed E-state index contributed by atoms with van der Waals surface area (Å²) >= 11 is 6.05. The molecule has 0 saturated carbocycles. The predicted octanol–water partition coefficient (Wildman–Crippen LogP) is 2.73. The second-order valence-corrected chi connectivity index (χ2v) is 8.08. The standard InChI is InChI=1S/C22H21ClN4O4/c1-12-16(23)3-2-4-17(12)24-22(31)26-20(29)13-5-6-14-10-27(11-15(14)9-13)18-7-8-19(28)25-21(18)30/h2-6,9,18H,7-8,10-11H2,1H3,(H,25,28,30)(H2,24,26,29,31). The van der Waals surface area contributed by atoms with Crippen LogP contribution in [0.4, 0.5) is 10.5 Å². The van der Waals surface area contributed by atoms with Gasteiger partial charge in [-0.15, -0.1) is 0 Å². The second kappa shape index (κ2) is 8.49. The fraction of sp³-hybridized carbons (Fsp3) is 0.273. The molecule has 2 aliphatic heterocycles. The van der Waals surface area contributed by atoms with Crippen molar-refractivity contribution in [3.8, 4) is 0 Å². The first kappa shape index (κ1) is 21.0. The number of piperidine rings is 1. The van der Waals surface area contributed by atoms with Crippen LogP contribution >= 0.6 is 11.6 Å². The molecule has 1 saturated heterocycles. The van der Waals surface area contributed by atoms with Crippen molar-refractivity contribution in [2.75, 3.05) is 5.32 Å². The monoisotopic (exact) mass is 440 g/mol. The third-order valence-electron chi connectivity index (χ3n) is 5.61. The quantitative estimate of drug-likeness (QED) is 0.636. The number of carbonyl (C=O) groups is 4. The van der Waals surface area contributed by atoms with Gasteiger partial charge in [-0.2, -0.15) is 0 Å². The van der Waals surface area contributed by atoms with Gasteiger partial charge >= 0.3 is 6.03 Å². The Bertz CT molecular complexity index is 1100. The van der Waals surface area contributed by atoms with Crippen molar-refractivity contribution < 1.29 is 19.2 Å². The van der Waals surface area contributed by atoms with E-state index in [9.17, 15) is 19.2 Å². The molecule has 0 spiro atoms. The van der Waals surface area contributed by atoms with Crippen LogP contribution in [0.25, 0.3) is 0 Å². The number of hydrogen-bond donors (Lipinski definition) is 3. The molecular weight excluding hydrogens is 420 g/mol. The molecule has 5 amide bonds. The molecule has 1 unspecified atom stereocenters. The van der Waals surface area contributed by atoms with Gasteiger partial charge in [0, 0.05) is 35.8 Å². The van der Waals surface area contributed by atoms with Gasteiger partial charge in [0.1, 0.15) is 0 Å². The fourth-order valence-electron chi connectivity index (χ4n) is 3.88. The minimum Gasteiger partial charge on any atom is -0.307 e. The smallest absolute Gasteiger partial charge is 0.307 e. The molecule has 160 valence electrons. The summed E-state index contributed by atoms with van der Waals surface area (Å²) in [6, 6.07) is 9.32. The van der Waals surface area contributed by atoms with E-state index < -0.39 is 11.9 Å². The lowest BCUT2D eigenvalue weighted by molar-refractivity contribution is -0.137. The van der Waals surface area contributed by atoms with E-state index in [0.717, 1.165) is 11.1 Å².